The summed E-state index contributed by atoms with van der Waals surface area (Å²) in [6.45, 7) is 6.56. The van der Waals surface area contributed by atoms with Crippen molar-refractivity contribution in [2.45, 2.75) is 32.4 Å². The van der Waals surface area contributed by atoms with Crippen LogP contribution in [0.4, 0.5) is 0 Å². The summed E-state index contributed by atoms with van der Waals surface area (Å²) in [5.74, 6) is 0.678. The van der Waals surface area contributed by atoms with Crippen molar-refractivity contribution in [3.8, 4) is 0 Å². The van der Waals surface area contributed by atoms with E-state index in [2.05, 4.69) is 43.4 Å². The fourth-order valence-corrected chi connectivity index (χ4v) is 2.65. The third kappa shape index (κ3) is 4.03. The number of benzene rings is 1. The van der Waals surface area contributed by atoms with Gasteiger partial charge in [0.15, 0.2) is 0 Å². The van der Waals surface area contributed by atoms with Crippen molar-refractivity contribution in [3.63, 3.8) is 0 Å². The maximum absolute atomic E-state index is 5.82. The van der Waals surface area contributed by atoms with E-state index in [1.165, 1.54) is 11.1 Å². The monoisotopic (exact) mass is 263 g/mol. The summed E-state index contributed by atoms with van der Waals surface area (Å²) in [7, 11) is 1.98. The largest absolute Gasteiger partial charge is 0.376 e. The predicted octanol–water partition coefficient (Wildman–Crippen LogP) is 2.56. The minimum absolute atomic E-state index is 0.105. The van der Waals surface area contributed by atoms with E-state index in [4.69, 9.17) is 9.47 Å². The van der Waals surface area contributed by atoms with Crippen LogP contribution in [0.25, 0.3) is 0 Å². The Kier molecular flexibility index (Phi) is 5.37. The maximum atomic E-state index is 5.82. The average molecular weight is 263 g/mol. The van der Waals surface area contributed by atoms with Gasteiger partial charge in [0.1, 0.15) is 6.10 Å². The number of rotatable bonds is 5. The highest BCUT2D eigenvalue weighted by Gasteiger charge is 2.25. The molecule has 1 saturated heterocycles. The minimum atomic E-state index is 0.105. The number of likely N-dealkylation sites (N-methyl/N-ethyl adjacent to an activating group) is 1. The van der Waals surface area contributed by atoms with E-state index >= 15 is 0 Å². The Morgan fingerprint density at radius 3 is 2.79 bits per heavy atom. The van der Waals surface area contributed by atoms with Gasteiger partial charge >= 0.3 is 0 Å². The number of nitrogens with one attached hydrogen (secondary N) is 1. The van der Waals surface area contributed by atoms with Crippen LogP contribution < -0.4 is 5.32 Å². The highest BCUT2D eigenvalue weighted by molar-refractivity contribution is 5.27. The fraction of sp³-hybridized carbons (Fsp3) is 0.625. The standard InChI is InChI=1S/C16H25NO2/c1-12(2)9-13-5-4-6-14(10-13)16(17-3)15-11-18-7-8-19-15/h4-6,10,12,15-17H,7-9,11H2,1-3H3. The van der Waals surface area contributed by atoms with Crippen molar-refractivity contribution in [3.05, 3.63) is 35.4 Å². The SMILES string of the molecule is CNC(c1cccc(CC(C)C)c1)C1COCCO1. The van der Waals surface area contributed by atoms with Crippen LogP contribution in [-0.4, -0.2) is 33.0 Å². The summed E-state index contributed by atoms with van der Waals surface area (Å²) in [5.41, 5.74) is 2.68. The van der Waals surface area contributed by atoms with E-state index in [0.717, 1.165) is 6.42 Å². The molecule has 3 heteroatoms. The van der Waals surface area contributed by atoms with Gasteiger partial charge in [-0.2, -0.15) is 0 Å². The molecule has 1 aliphatic heterocycles. The van der Waals surface area contributed by atoms with Gasteiger partial charge in [0.05, 0.1) is 25.9 Å². The third-order valence-electron chi connectivity index (χ3n) is 3.48. The molecule has 106 valence electrons. The minimum Gasteiger partial charge on any atom is -0.376 e. The van der Waals surface area contributed by atoms with Crippen LogP contribution in [-0.2, 0) is 15.9 Å². The molecule has 2 unspecified atom stereocenters. The number of hydrogen-bond acceptors (Lipinski definition) is 3. The number of hydrogen-bond donors (Lipinski definition) is 1. The summed E-state index contributed by atoms with van der Waals surface area (Å²) in [6.07, 6.45) is 1.22. The predicted molar refractivity (Wildman–Crippen MR) is 77.3 cm³/mol. The van der Waals surface area contributed by atoms with Gasteiger partial charge in [0.2, 0.25) is 0 Å². The molecule has 1 aromatic carbocycles. The van der Waals surface area contributed by atoms with Gasteiger partial charge in [-0.25, -0.2) is 0 Å². The Morgan fingerprint density at radius 2 is 2.16 bits per heavy atom. The number of ether oxygens (including phenoxy) is 2. The van der Waals surface area contributed by atoms with Crippen LogP contribution in [0.3, 0.4) is 0 Å². The molecule has 0 saturated carbocycles. The molecule has 1 N–H and O–H groups in total. The van der Waals surface area contributed by atoms with Crippen molar-refractivity contribution in [2.24, 2.45) is 5.92 Å². The highest BCUT2D eigenvalue weighted by Crippen LogP contribution is 2.23. The smallest absolute Gasteiger partial charge is 0.100 e. The van der Waals surface area contributed by atoms with Gasteiger partial charge in [0.25, 0.3) is 0 Å². The quantitative estimate of drug-likeness (QED) is 0.885. The molecule has 1 heterocycles. The lowest BCUT2D eigenvalue weighted by Crippen LogP contribution is -2.39. The second kappa shape index (κ2) is 7.04. The Morgan fingerprint density at radius 1 is 1.32 bits per heavy atom. The van der Waals surface area contributed by atoms with Crippen molar-refractivity contribution in [1.82, 2.24) is 5.32 Å². The lowest BCUT2D eigenvalue weighted by atomic mass is 9.96. The first-order chi connectivity index (χ1) is 9.20. The van der Waals surface area contributed by atoms with Crippen molar-refractivity contribution in [2.75, 3.05) is 26.9 Å². The first-order valence-electron chi connectivity index (χ1n) is 7.16. The third-order valence-corrected chi connectivity index (χ3v) is 3.48. The molecule has 0 aliphatic carbocycles. The van der Waals surface area contributed by atoms with Crippen molar-refractivity contribution < 1.29 is 9.47 Å². The van der Waals surface area contributed by atoms with Gasteiger partial charge in [-0.1, -0.05) is 38.1 Å². The van der Waals surface area contributed by atoms with E-state index in [0.29, 0.717) is 25.7 Å². The summed E-state index contributed by atoms with van der Waals surface area (Å²) >= 11 is 0. The molecule has 1 fully saturated rings. The van der Waals surface area contributed by atoms with E-state index in [1.807, 2.05) is 7.05 Å². The fourth-order valence-electron chi connectivity index (χ4n) is 2.65. The van der Waals surface area contributed by atoms with Gasteiger partial charge in [-0.05, 0) is 30.5 Å². The van der Waals surface area contributed by atoms with Crippen LogP contribution in [0.5, 0.6) is 0 Å². The highest BCUT2D eigenvalue weighted by atomic mass is 16.6. The Hall–Kier alpha value is -0.900. The molecular formula is C16H25NO2. The van der Waals surface area contributed by atoms with Crippen LogP contribution in [0.15, 0.2) is 24.3 Å². The molecular weight excluding hydrogens is 238 g/mol. The molecule has 2 rings (SSSR count). The Balaban J connectivity index is 2.12. The summed E-state index contributed by atoms with van der Waals surface area (Å²) in [4.78, 5) is 0. The average Bonchev–Trinajstić information content (AvgIpc) is 2.40. The molecule has 1 aliphatic rings. The van der Waals surface area contributed by atoms with E-state index in [-0.39, 0.29) is 12.1 Å². The van der Waals surface area contributed by atoms with E-state index < -0.39 is 0 Å². The van der Waals surface area contributed by atoms with Gasteiger partial charge < -0.3 is 14.8 Å². The van der Waals surface area contributed by atoms with Crippen LogP contribution in [0.2, 0.25) is 0 Å². The van der Waals surface area contributed by atoms with Gasteiger partial charge in [0, 0.05) is 0 Å². The lowest BCUT2D eigenvalue weighted by Gasteiger charge is -2.30. The molecule has 0 aromatic heterocycles. The zero-order valence-corrected chi connectivity index (χ0v) is 12.2. The molecule has 1 aromatic rings. The molecule has 19 heavy (non-hydrogen) atoms. The van der Waals surface area contributed by atoms with Gasteiger partial charge in [-0.3, -0.25) is 0 Å². The Bertz CT molecular complexity index is 386. The Labute approximate surface area is 116 Å². The second-order valence-electron chi connectivity index (χ2n) is 5.59. The lowest BCUT2D eigenvalue weighted by molar-refractivity contribution is -0.101. The van der Waals surface area contributed by atoms with Gasteiger partial charge in [-0.15, -0.1) is 0 Å². The molecule has 0 radical (unpaired) electrons. The molecule has 0 spiro atoms. The first-order valence-corrected chi connectivity index (χ1v) is 7.16. The van der Waals surface area contributed by atoms with Crippen LogP contribution >= 0.6 is 0 Å². The van der Waals surface area contributed by atoms with Crippen LogP contribution in [0.1, 0.15) is 31.0 Å². The molecule has 0 bridgehead atoms. The van der Waals surface area contributed by atoms with E-state index in [1.54, 1.807) is 0 Å². The van der Waals surface area contributed by atoms with E-state index in [9.17, 15) is 0 Å². The molecule has 3 nitrogen and oxygen atoms in total. The maximum Gasteiger partial charge on any atom is 0.100 e. The van der Waals surface area contributed by atoms with Crippen molar-refractivity contribution >= 4 is 0 Å². The summed E-state index contributed by atoms with van der Waals surface area (Å²) in [5, 5.41) is 3.36. The summed E-state index contributed by atoms with van der Waals surface area (Å²) < 4.78 is 11.3. The first kappa shape index (κ1) is 14.5. The van der Waals surface area contributed by atoms with Crippen molar-refractivity contribution in [1.29, 1.82) is 0 Å². The molecule has 2 atom stereocenters. The van der Waals surface area contributed by atoms with Crippen LogP contribution in [0, 0.1) is 5.92 Å². The summed E-state index contributed by atoms with van der Waals surface area (Å²) in [6, 6.07) is 9.00. The topological polar surface area (TPSA) is 30.5 Å². The molecule has 0 amide bonds. The zero-order chi connectivity index (χ0) is 13.7. The normalized spacial score (nSPS) is 21.6. The second-order valence-corrected chi connectivity index (χ2v) is 5.59. The zero-order valence-electron chi connectivity index (χ0n) is 12.2.